The highest BCUT2D eigenvalue weighted by Gasteiger charge is 2.45. The van der Waals surface area contributed by atoms with Crippen LogP contribution >= 0.6 is 0 Å². The molecule has 4 fully saturated rings. The standard InChI is InChI=1S/C35H32F4N4O3.C31H31F5N4O3.C2H6/c36-25-7-8-26(30(37)18-25)28-17-23(21-1-3-22(4-2-21)34(45)43-14-11-35(38,39)12-15-43)5-9-31(28)46-16-13-41-33(44)29-19-27(29)24-6-10-32(40)42-20-24;32-30(33)8-11-40(12-9-30)29(42)20-4-2-19(3-5-20)22-14-23(31(34,35)36)16-24(15-22)43-13-1-10-38-28(41)26-17-25(26)21-6-7-27(37)39-18-21;1-2/h1-10,17-18,20,27,29H,11-16,19H2,(H2,40,42)(H,41,44);2-7,14-16,18,25-26H,1,8-13,17H2,(H2,37,39)(H,38,41);1-2H3. The number of hydrogen-bond acceptors (Lipinski definition) is 10. The molecule has 11 rings (SSSR count). The number of likely N-dealkylation sites (tertiary alicyclic amines) is 2. The number of pyridine rings is 2. The molecule has 4 atom stereocenters. The van der Waals surface area contributed by atoms with Crippen molar-refractivity contribution in [2.75, 3.05) is 63.9 Å². The summed E-state index contributed by atoms with van der Waals surface area (Å²) in [5.41, 5.74) is 15.5. The molecule has 91 heavy (non-hydrogen) atoms. The molecule has 14 nitrogen and oxygen atoms in total. The van der Waals surface area contributed by atoms with Gasteiger partial charge in [0.25, 0.3) is 23.7 Å². The number of amides is 4. The Labute approximate surface area is 520 Å². The van der Waals surface area contributed by atoms with Gasteiger partial charge in [0.1, 0.15) is 41.4 Å². The summed E-state index contributed by atoms with van der Waals surface area (Å²) in [4.78, 5) is 61.6. The van der Waals surface area contributed by atoms with Crippen LogP contribution in [-0.2, 0) is 15.8 Å². The zero-order valence-electron chi connectivity index (χ0n) is 50.0. The summed E-state index contributed by atoms with van der Waals surface area (Å²) in [6.45, 7) is 4.58. The van der Waals surface area contributed by atoms with Crippen LogP contribution in [0.3, 0.4) is 0 Å². The molecule has 7 aromatic rings. The molecule has 0 spiro atoms. The number of carbonyl (C=O) groups excluding carboxylic acids is 4. The van der Waals surface area contributed by atoms with Gasteiger partial charge in [0.15, 0.2) is 0 Å². The van der Waals surface area contributed by atoms with Crippen LogP contribution in [0.4, 0.5) is 51.1 Å². The van der Waals surface area contributed by atoms with E-state index in [9.17, 15) is 58.7 Å². The van der Waals surface area contributed by atoms with Crippen LogP contribution in [-0.4, -0.2) is 108 Å². The molecule has 4 heterocycles. The van der Waals surface area contributed by atoms with Crippen molar-refractivity contribution in [2.24, 2.45) is 11.8 Å². The highest BCUT2D eigenvalue weighted by molar-refractivity contribution is 5.96. The van der Waals surface area contributed by atoms with Gasteiger partial charge in [-0.2, -0.15) is 13.2 Å². The van der Waals surface area contributed by atoms with Gasteiger partial charge in [-0.3, -0.25) is 19.2 Å². The maximum absolute atomic E-state index is 15.0. The van der Waals surface area contributed by atoms with Crippen LogP contribution in [0.15, 0.2) is 140 Å². The first-order valence-corrected chi connectivity index (χ1v) is 30.1. The fourth-order valence-electron chi connectivity index (χ4n) is 10.9. The van der Waals surface area contributed by atoms with Crippen LogP contribution in [0.5, 0.6) is 11.5 Å². The van der Waals surface area contributed by atoms with Crippen molar-refractivity contribution in [2.45, 2.75) is 88.7 Å². The van der Waals surface area contributed by atoms with Crippen molar-refractivity contribution in [3.8, 4) is 44.9 Å². The summed E-state index contributed by atoms with van der Waals surface area (Å²) < 4.78 is 135. The van der Waals surface area contributed by atoms with E-state index in [4.69, 9.17) is 20.9 Å². The lowest BCUT2D eigenvalue weighted by Gasteiger charge is -2.31. The minimum atomic E-state index is -4.62. The molecule has 6 N–H and O–H groups in total. The van der Waals surface area contributed by atoms with Crippen molar-refractivity contribution < 1.29 is 68.2 Å². The number of benzene rings is 5. The van der Waals surface area contributed by atoms with Gasteiger partial charge in [-0.1, -0.05) is 56.3 Å². The fraction of sp³-hybridized carbons (Fsp3) is 0.353. The lowest BCUT2D eigenvalue weighted by atomic mass is 9.97. The number of nitrogens with two attached hydrogens (primary N) is 2. The zero-order valence-corrected chi connectivity index (χ0v) is 50.0. The van der Waals surface area contributed by atoms with Gasteiger partial charge in [0.05, 0.1) is 18.7 Å². The summed E-state index contributed by atoms with van der Waals surface area (Å²) in [5.74, 6) is -6.82. The molecular weight excluding hydrogens is 1200 g/mol. The summed E-state index contributed by atoms with van der Waals surface area (Å²) in [6, 6.07) is 31.7. The first-order valence-electron chi connectivity index (χ1n) is 30.1. The maximum Gasteiger partial charge on any atom is 0.416 e. The van der Waals surface area contributed by atoms with Crippen LogP contribution in [0.2, 0.25) is 0 Å². The van der Waals surface area contributed by atoms with E-state index in [1.165, 1.54) is 46.2 Å². The normalized spacial score (nSPS) is 18.7. The van der Waals surface area contributed by atoms with Crippen LogP contribution in [0.1, 0.15) is 108 Å². The number of rotatable bonds is 18. The molecule has 2 aliphatic heterocycles. The topological polar surface area (TPSA) is 195 Å². The van der Waals surface area contributed by atoms with E-state index < -0.39 is 54.0 Å². The van der Waals surface area contributed by atoms with Gasteiger partial charge < -0.3 is 41.4 Å². The summed E-state index contributed by atoms with van der Waals surface area (Å²) in [5, 5.41) is 5.73. The van der Waals surface area contributed by atoms with Crippen molar-refractivity contribution >= 4 is 35.3 Å². The first kappa shape index (κ1) is 66.3. The third kappa shape index (κ3) is 17.4. The van der Waals surface area contributed by atoms with Crippen molar-refractivity contribution in [3.05, 3.63) is 179 Å². The highest BCUT2D eigenvalue weighted by atomic mass is 19.4. The monoisotopic (exact) mass is 1260 g/mol. The molecule has 2 saturated carbocycles. The Balaban J connectivity index is 0.000000210. The number of piperidine rings is 2. The van der Waals surface area contributed by atoms with Gasteiger partial charge in [-0.15, -0.1) is 0 Å². The third-order valence-corrected chi connectivity index (χ3v) is 16.2. The lowest BCUT2D eigenvalue weighted by Crippen LogP contribution is -2.42. The average Bonchev–Trinajstić information content (AvgIpc) is 1.82. The quantitative estimate of drug-likeness (QED) is 0.0474. The molecule has 0 bridgehead atoms. The molecule has 2 aromatic heterocycles. The van der Waals surface area contributed by atoms with E-state index in [-0.39, 0.29) is 123 Å². The van der Waals surface area contributed by atoms with Gasteiger partial charge in [-0.05, 0) is 143 Å². The van der Waals surface area contributed by atoms with E-state index in [0.29, 0.717) is 59.0 Å². The molecule has 4 aliphatic rings. The Morgan fingerprint density at radius 3 is 1.54 bits per heavy atom. The maximum atomic E-state index is 15.0. The number of nitrogens with zero attached hydrogens (tertiary/aromatic N) is 4. The predicted molar refractivity (Wildman–Crippen MR) is 326 cm³/mol. The largest absolute Gasteiger partial charge is 0.493 e. The first-order chi connectivity index (χ1) is 43.5. The number of ether oxygens (including phenoxy) is 2. The van der Waals surface area contributed by atoms with Gasteiger partial charge in [0, 0.05) is 111 Å². The summed E-state index contributed by atoms with van der Waals surface area (Å²) in [7, 11) is 0. The second-order valence-corrected chi connectivity index (χ2v) is 22.6. The Morgan fingerprint density at radius 2 is 1.05 bits per heavy atom. The third-order valence-electron chi connectivity index (χ3n) is 16.2. The number of hydrogen-bond donors (Lipinski definition) is 4. The molecule has 2 aliphatic carbocycles. The Hall–Kier alpha value is -9.15. The van der Waals surface area contributed by atoms with Gasteiger partial charge >= 0.3 is 6.18 Å². The number of nitrogens with one attached hydrogen (secondary N) is 2. The second kappa shape index (κ2) is 28.8. The summed E-state index contributed by atoms with van der Waals surface area (Å²) in [6.07, 6.45) is -0.961. The molecule has 4 amide bonds. The van der Waals surface area contributed by atoms with Crippen LogP contribution < -0.4 is 31.6 Å². The van der Waals surface area contributed by atoms with Gasteiger partial charge in [0.2, 0.25) is 11.8 Å². The summed E-state index contributed by atoms with van der Waals surface area (Å²) >= 11 is 0. The van der Waals surface area contributed by atoms with Gasteiger partial charge in [-0.25, -0.2) is 36.3 Å². The molecular formula is C68H69F9N8O6. The van der Waals surface area contributed by atoms with Crippen molar-refractivity contribution in [1.82, 2.24) is 30.4 Å². The second-order valence-electron chi connectivity index (χ2n) is 22.6. The Bertz CT molecular complexity index is 3670. The molecule has 480 valence electrons. The van der Waals surface area contributed by atoms with Crippen LogP contribution in [0, 0.1) is 23.5 Å². The molecule has 2 saturated heterocycles. The Kier molecular flexibility index (Phi) is 21.0. The van der Waals surface area contributed by atoms with E-state index in [1.807, 2.05) is 26.0 Å². The van der Waals surface area contributed by atoms with Crippen molar-refractivity contribution in [3.63, 3.8) is 0 Å². The number of carbonyl (C=O) groups is 4. The number of halogens is 9. The lowest BCUT2D eigenvalue weighted by molar-refractivity contribution is -0.137. The number of aromatic nitrogens is 2. The average molecular weight is 1270 g/mol. The molecule has 0 radical (unpaired) electrons. The molecule has 4 unspecified atom stereocenters. The minimum Gasteiger partial charge on any atom is -0.493 e. The molecule has 23 heteroatoms. The van der Waals surface area contributed by atoms with Crippen molar-refractivity contribution in [1.29, 1.82) is 0 Å². The number of nitrogen functional groups attached to an aromatic ring is 2. The number of alkyl halides is 7. The van der Waals surface area contributed by atoms with E-state index in [2.05, 4.69) is 20.6 Å². The van der Waals surface area contributed by atoms with E-state index in [1.54, 1.807) is 67.0 Å². The van der Waals surface area contributed by atoms with E-state index >= 15 is 0 Å². The fourth-order valence-corrected chi connectivity index (χ4v) is 10.9. The predicted octanol–water partition coefficient (Wildman–Crippen LogP) is 13.4. The Morgan fingerprint density at radius 1 is 0.560 bits per heavy atom. The van der Waals surface area contributed by atoms with E-state index in [0.717, 1.165) is 47.4 Å². The zero-order chi connectivity index (χ0) is 65.2. The minimum absolute atomic E-state index is 0.00620. The smallest absolute Gasteiger partial charge is 0.416 e. The molecule has 5 aromatic carbocycles. The highest BCUT2D eigenvalue weighted by Crippen LogP contribution is 2.48. The number of anilines is 2. The van der Waals surface area contributed by atoms with Crippen LogP contribution in [0.25, 0.3) is 33.4 Å². The SMILES string of the molecule is CC.Nc1ccc(C2CC2C(=O)NCCCOc2cc(-c3ccc(C(=O)N4CCC(F)(F)CC4)cc3)cc(C(F)(F)F)c2)cn1.Nc1ccc(C2CC2C(=O)NCCOc2ccc(-c3ccc(C(=O)N4CCC(F)(F)CC4)cc3)cc2-c2ccc(F)cc2F)cn1.